The molecule has 2 aromatic heterocycles. The maximum absolute atomic E-state index is 13.6. The van der Waals surface area contributed by atoms with Crippen LogP contribution < -0.4 is 14.8 Å². The highest BCUT2D eigenvalue weighted by Gasteiger charge is 2.31. The summed E-state index contributed by atoms with van der Waals surface area (Å²) in [5, 5.41) is 19.6. The molecule has 1 aliphatic carbocycles. The molecule has 0 radical (unpaired) electrons. The van der Waals surface area contributed by atoms with Gasteiger partial charge < -0.3 is 14.8 Å². The molecular formula is C32H31ClN6O5S2. The van der Waals surface area contributed by atoms with Crippen molar-refractivity contribution < 1.29 is 22.7 Å². The summed E-state index contributed by atoms with van der Waals surface area (Å²) < 4.78 is 37.9. The van der Waals surface area contributed by atoms with Gasteiger partial charge in [-0.05, 0) is 95.8 Å². The van der Waals surface area contributed by atoms with Crippen LogP contribution in [0.2, 0.25) is 5.02 Å². The van der Waals surface area contributed by atoms with Crippen molar-refractivity contribution in [2.45, 2.75) is 49.7 Å². The predicted molar refractivity (Wildman–Crippen MR) is 174 cm³/mol. The number of nitrogens with zero attached hydrogens (tertiary/aromatic N) is 4. The van der Waals surface area contributed by atoms with Gasteiger partial charge in [0.25, 0.3) is 11.1 Å². The fraction of sp³-hybridized carbons (Fsp3) is 0.281. The van der Waals surface area contributed by atoms with E-state index in [1.54, 1.807) is 36.5 Å². The van der Waals surface area contributed by atoms with Crippen LogP contribution in [0.4, 0.5) is 5.69 Å². The number of anilines is 1. The third-order valence-corrected chi connectivity index (χ3v) is 10.5. The van der Waals surface area contributed by atoms with Gasteiger partial charge in [0.2, 0.25) is 0 Å². The van der Waals surface area contributed by atoms with Crippen LogP contribution in [0.3, 0.4) is 0 Å². The van der Waals surface area contributed by atoms with Crippen LogP contribution in [-0.2, 0) is 22.9 Å². The van der Waals surface area contributed by atoms with Crippen molar-refractivity contribution in [1.29, 1.82) is 0 Å². The molecule has 6 rings (SSSR count). The number of aromatic nitrogens is 5. The van der Waals surface area contributed by atoms with E-state index in [1.807, 2.05) is 29.6 Å². The summed E-state index contributed by atoms with van der Waals surface area (Å²) >= 11 is 7.36. The van der Waals surface area contributed by atoms with Crippen LogP contribution in [-0.4, -0.2) is 45.7 Å². The molecule has 1 aliphatic rings. The summed E-state index contributed by atoms with van der Waals surface area (Å²) in [6.45, 7) is 0.0567. The van der Waals surface area contributed by atoms with Crippen molar-refractivity contribution in [1.82, 2.24) is 25.6 Å². The molecule has 0 aliphatic heterocycles. The maximum atomic E-state index is 13.6. The molecule has 1 amide bonds. The fourth-order valence-corrected chi connectivity index (χ4v) is 7.13. The normalized spacial score (nSPS) is 13.9. The second kappa shape index (κ2) is 14.4. The molecule has 14 heteroatoms. The lowest BCUT2D eigenvalue weighted by Crippen LogP contribution is -2.25. The summed E-state index contributed by atoms with van der Waals surface area (Å²) in [6, 6.07) is 19.0. The number of rotatable bonds is 14. The molecule has 1 atom stereocenters. The van der Waals surface area contributed by atoms with Gasteiger partial charge in [0.15, 0.2) is 15.7 Å². The fourth-order valence-electron chi connectivity index (χ4n) is 5.18. The van der Waals surface area contributed by atoms with Gasteiger partial charge in [0.05, 0.1) is 16.3 Å². The van der Waals surface area contributed by atoms with Crippen LogP contribution in [0.5, 0.6) is 10.9 Å². The van der Waals surface area contributed by atoms with E-state index in [0.29, 0.717) is 51.8 Å². The zero-order valence-corrected chi connectivity index (χ0v) is 27.0. The molecule has 46 heavy (non-hydrogen) atoms. The lowest BCUT2D eigenvalue weighted by Gasteiger charge is -2.33. The van der Waals surface area contributed by atoms with Crippen LogP contribution in [0.1, 0.15) is 59.1 Å². The van der Waals surface area contributed by atoms with Crippen molar-refractivity contribution in [2.75, 3.05) is 11.1 Å². The minimum Gasteiger partial charge on any atom is -0.483 e. The zero-order valence-electron chi connectivity index (χ0n) is 24.6. The summed E-state index contributed by atoms with van der Waals surface area (Å²) in [7, 11) is -3.48. The van der Waals surface area contributed by atoms with E-state index in [2.05, 4.69) is 30.9 Å². The Labute approximate surface area is 275 Å². The molecular weight excluding hydrogens is 648 g/mol. The average Bonchev–Trinajstić information content (AvgIpc) is 3.75. The van der Waals surface area contributed by atoms with Gasteiger partial charge in [-0.2, -0.15) is 0 Å². The zero-order chi connectivity index (χ0) is 31.9. The Kier molecular flexibility index (Phi) is 9.91. The molecule has 238 valence electrons. The number of tetrazole rings is 1. The molecule has 3 aromatic carbocycles. The summed E-state index contributed by atoms with van der Waals surface area (Å²) in [5.41, 5.74) is 2.66. The van der Waals surface area contributed by atoms with Gasteiger partial charge >= 0.3 is 0 Å². The lowest BCUT2D eigenvalue weighted by molar-refractivity contribution is 0.0834. The Hall–Kier alpha value is -4.33. The number of thiazole rings is 1. The number of aryl methyl sites for hydroxylation is 1. The SMILES string of the molecule is O=C(Nc1cc(CCCS(=O)(=O)c2ccc(Cl)cc2)ccc1OCc1nnn[nH]1)c1cccc(C(Oc2nccs2)C2CCC2)c1. The number of nitrogens with one attached hydrogen (secondary N) is 2. The third kappa shape index (κ3) is 7.90. The molecule has 2 N–H and O–H groups in total. The first kappa shape index (κ1) is 31.6. The topological polar surface area (TPSA) is 149 Å². The summed E-state index contributed by atoms with van der Waals surface area (Å²) in [5.74, 6) is 0.831. The van der Waals surface area contributed by atoms with E-state index >= 15 is 0 Å². The average molecular weight is 679 g/mol. The number of carbonyl (C=O) groups is 1. The summed E-state index contributed by atoms with van der Waals surface area (Å²) in [6.07, 6.45) is 5.63. The Morgan fingerprint density at radius 2 is 1.96 bits per heavy atom. The lowest BCUT2D eigenvalue weighted by atomic mass is 9.78. The second-order valence-corrected chi connectivity index (χ2v) is 14.4. The van der Waals surface area contributed by atoms with Crippen LogP contribution in [0.15, 0.2) is 83.2 Å². The first-order valence-electron chi connectivity index (χ1n) is 14.8. The highest BCUT2D eigenvalue weighted by atomic mass is 35.5. The highest BCUT2D eigenvalue weighted by molar-refractivity contribution is 7.91. The molecule has 5 aromatic rings. The molecule has 0 bridgehead atoms. The van der Waals surface area contributed by atoms with E-state index in [1.165, 1.54) is 23.5 Å². The maximum Gasteiger partial charge on any atom is 0.273 e. The number of ether oxygens (including phenoxy) is 2. The Bertz CT molecular complexity index is 1870. The quantitative estimate of drug-likeness (QED) is 0.135. The minimum atomic E-state index is -3.48. The Balaban J connectivity index is 1.19. The molecule has 1 unspecified atom stereocenters. The summed E-state index contributed by atoms with van der Waals surface area (Å²) in [4.78, 5) is 18.2. The van der Waals surface area contributed by atoms with E-state index < -0.39 is 9.84 Å². The Morgan fingerprint density at radius 3 is 2.67 bits per heavy atom. The second-order valence-electron chi connectivity index (χ2n) is 11.0. The predicted octanol–water partition coefficient (Wildman–Crippen LogP) is 6.47. The monoisotopic (exact) mass is 678 g/mol. The molecule has 0 saturated heterocycles. The number of hydrogen-bond donors (Lipinski definition) is 2. The van der Waals surface area contributed by atoms with Crippen molar-refractivity contribution >= 4 is 44.4 Å². The number of halogens is 1. The Morgan fingerprint density at radius 1 is 1.11 bits per heavy atom. The number of sulfone groups is 1. The van der Waals surface area contributed by atoms with Crippen LogP contribution in [0, 0.1) is 5.92 Å². The van der Waals surface area contributed by atoms with Gasteiger partial charge in [-0.25, -0.2) is 18.5 Å². The largest absolute Gasteiger partial charge is 0.483 e. The molecule has 2 heterocycles. The van der Waals surface area contributed by atoms with Gasteiger partial charge in [0, 0.05) is 28.1 Å². The van der Waals surface area contributed by atoms with Crippen LogP contribution >= 0.6 is 22.9 Å². The van der Waals surface area contributed by atoms with E-state index in [4.69, 9.17) is 21.1 Å². The number of amides is 1. The number of hydrogen-bond acceptors (Lipinski definition) is 10. The molecule has 0 spiro atoms. The molecule has 1 fully saturated rings. The number of carbonyl (C=O) groups excluding carboxylic acids is 1. The first-order valence-corrected chi connectivity index (χ1v) is 17.7. The highest BCUT2D eigenvalue weighted by Crippen LogP contribution is 2.41. The van der Waals surface area contributed by atoms with Gasteiger partial charge in [-0.3, -0.25) is 4.79 Å². The van der Waals surface area contributed by atoms with Gasteiger partial charge in [-0.15, -0.1) is 5.10 Å². The number of H-pyrrole nitrogens is 1. The standard InChI is InChI=1S/C32H31ClN6O5S2/c33-25-10-12-26(13-11-25)46(41,42)17-3-4-21-9-14-28(43-20-29-36-38-39-37-29)27(18-21)35-31(40)24-8-2-7-23(19-24)30(22-5-1-6-22)44-32-34-15-16-45-32/h2,7-16,18-19,22,30H,1,3-6,17,20H2,(H,35,40)(H,36,37,38,39). The number of benzene rings is 3. The van der Waals surface area contributed by atoms with Crippen molar-refractivity contribution in [3.63, 3.8) is 0 Å². The van der Waals surface area contributed by atoms with Gasteiger partial charge in [0.1, 0.15) is 18.5 Å². The van der Waals surface area contributed by atoms with Crippen molar-refractivity contribution in [3.05, 3.63) is 106 Å². The first-order chi connectivity index (χ1) is 22.3. The molecule has 11 nitrogen and oxygen atoms in total. The van der Waals surface area contributed by atoms with Crippen LogP contribution in [0.25, 0.3) is 0 Å². The molecule has 1 saturated carbocycles. The van der Waals surface area contributed by atoms with Crippen molar-refractivity contribution in [3.8, 4) is 10.9 Å². The van der Waals surface area contributed by atoms with E-state index in [-0.39, 0.29) is 29.3 Å². The smallest absolute Gasteiger partial charge is 0.273 e. The van der Waals surface area contributed by atoms with Crippen molar-refractivity contribution in [2.24, 2.45) is 5.92 Å². The third-order valence-electron chi connectivity index (χ3n) is 7.79. The van der Waals surface area contributed by atoms with E-state index in [0.717, 1.165) is 30.4 Å². The van der Waals surface area contributed by atoms with Gasteiger partial charge in [-0.1, -0.05) is 47.6 Å². The number of aromatic amines is 1. The van der Waals surface area contributed by atoms with E-state index in [9.17, 15) is 13.2 Å². The minimum absolute atomic E-state index is 0.0366.